The monoisotopic (exact) mass is 470 g/mol. The molecule has 0 aliphatic carbocycles. The van der Waals surface area contributed by atoms with Crippen molar-refractivity contribution in [1.82, 2.24) is 19.0 Å². The van der Waals surface area contributed by atoms with Gasteiger partial charge in [-0.25, -0.2) is 0 Å². The molecule has 5 nitrogen and oxygen atoms in total. The second kappa shape index (κ2) is 10.8. The number of thiazole rings is 1. The average molecular weight is 471 g/mol. The molecule has 4 rings (SSSR count). The third kappa shape index (κ3) is 5.10. The Hall–Kier alpha value is -2.39. The van der Waals surface area contributed by atoms with Gasteiger partial charge in [-0.1, -0.05) is 68.5 Å². The average Bonchev–Trinajstić information content (AvgIpc) is 3.13. The van der Waals surface area contributed by atoms with Gasteiger partial charge in [0, 0.05) is 5.69 Å². The molecule has 0 saturated heterocycles. The van der Waals surface area contributed by atoms with Crippen LogP contribution in [0.4, 0.5) is 0 Å². The molecule has 0 saturated carbocycles. The predicted molar refractivity (Wildman–Crippen MR) is 136 cm³/mol. The Labute approximate surface area is 196 Å². The fourth-order valence-electron chi connectivity index (χ4n) is 3.28. The van der Waals surface area contributed by atoms with Gasteiger partial charge < -0.3 is 9.88 Å². The van der Waals surface area contributed by atoms with E-state index in [0.29, 0.717) is 19.1 Å². The molecule has 0 atom stereocenters. The van der Waals surface area contributed by atoms with Gasteiger partial charge in [-0.15, -0.1) is 0 Å². The minimum atomic E-state index is -0.161. The number of hydrogen-bond acceptors (Lipinski definition) is 5. The predicted octanol–water partition coefficient (Wildman–Crippen LogP) is 5.98. The van der Waals surface area contributed by atoms with Gasteiger partial charge >= 0.3 is 0 Å². The Morgan fingerprint density at radius 2 is 1.32 bits per heavy atom. The summed E-state index contributed by atoms with van der Waals surface area (Å²) in [7, 11) is 0. The molecule has 0 aliphatic heterocycles. The molecule has 2 heterocycles. The van der Waals surface area contributed by atoms with E-state index in [9.17, 15) is 4.79 Å². The quantitative estimate of drug-likeness (QED) is 0.365. The number of nitrogens with one attached hydrogen (secondary N) is 1. The van der Waals surface area contributed by atoms with Crippen molar-refractivity contribution < 1.29 is 0 Å². The van der Waals surface area contributed by atoms with E-state index < -0.39 is 0 Å². The van der Waals surface area contributed by atoms with Crippen molar-refractivity contribution in [2.75, 3.05) is 19.6 Å². The van der Waals surface area contributed by atoms with Gasteiger partial charge in [0.1, 0.15) is 10.3 Å². The zero-order chi connectivity index (χ0) is 22.4. The van der Waals surface area contributed by atoms with Crippen LogP contribution in [0.15, 0.2) is 65.5 Å². The molecular formula is C23H26N4OS3. The summed E-state index contributed by atoms with van der Waals surface area (Å²) >= 11 is 12.2. The van der Waals surface area contributed by atoms with Crippen molar-refractivity contribution >= 4 is 46.1 Å². The first kappa shape index (κ1) is 23.3. The van der Waals surface area contributed by atoms with Crippen LogP contribution in [0.5, 0.6) is 0 Å². The van der Waals surface area contributed by atoms with Crippen LogP contribution < -0.4 is 5.56 Å². The van der Waals surface area contributed by atoms with Crippen LogP contribution in [0.25, 0.3) is 21.7 Å². The lowest BCUT2D eigenvalue weighted by atomic mass is 10.3. The van der Waals surface area contributed by atoms with E-state index in [4.69, 9.17) is 24.4 Å². The Morgan fingerprint density at radius 3 is 1.77 bits per heavy atom. The number of benzene rings is 2. The zero-order valence-electron chi connectivity index (χ0n) is 17.9. The van der Waals surface area contributed by atoms with Crippen LogP contribution in [-0.4, -0.2) is 38.7 Å². The van der Waals surface area contributed by atoms with E-state index in [1.54, 1.807) is 0 Å². The molecule has 2 aromatic heterocycles. The van der Waals surface area contributed by atoms with Crippen molar-refractivity contribution in [1.29, 1.82) is 0 Å². The molecule has 4 aromatic rings. The number of aromatic nitrogens is 3. The number of rotatable bonds is 5. The maximum atomic E-state index is 13.0. The molecule has 0 radical (unpaired) electrons. The smallest absolute Gasteiger partial charge is 0.278 e. The number of aromatic amines is 1. The number of hydrogen-bond donors (Lipinski definition) is 1. The fraction of sp³-hybridized carbons (Fsp3) is 0.261. The van der Waals surface area contributed by atoms with Gasteiger partial charge in [-0.3, -0.25) is 13.9 Å². The highest BCUT2D eigenvalue weighted by Crippen LogP contribution is 2.23. The highest BCUT2D eigenvalue weighted by atomic mass is 32.1. The fourth-order valence-corrected chi connectivity index (χ4v) is 4.89. The van der Waals surface area contributed by atoms with E-state index in [1.807, 2.05) is 65.2 Å². The standard InChI is InChI=1S/C17H11N3OS3.C6H15N/c21-15-13-14(18-16(22)20(15)12-9-5-2-6-10-12)19(17(23)24-13)11-7-3-1-4-8-11;1-4-7(5-2)6-3/h1-10H,(H,18,22);4-6H2,1-3H3. The minimum Gasteiger partial charge on any atom is -0.316 e. The number of fused-ring (bicyclic) bond motifs is 1. The third-order valence-electron chi connectivity index (χ3n) is 5.01. The first-order chi connectivity index (χ1) is 15.0. The Bertz CT molecular complexity index is 1290. The lowest BCUT2D eigenvalue weighted by Gasteiger charge is -2.13. The number of nitrogens with zero attached hydrogens (tertiary/aromatic N) is 3. The summed E-state index contributed by atoms with van der Waals surface area (Å²) in [6.45, 7) is 10.1. The van der Waals surface area contributed by atoms with Crippen molar-refractivity contribution in [3.8, 4) is 11.4 Å². The summed E-state index contributed by atoms with van der Waals surface area (Å²) in [5.74, 6) is 0. The number of para-hydroxylation sites is 2. The summed E-state index contributed by atoms with van der Waals surface area (Å²) in [5.41, 5.74) is 2.11. The van der Waals surface area contributed by atoms with Crippen molar-refractivity contribution in [3.05, 3.63) is 79.7 Å². The van der Waals surface area contributed by atoms with Gasteiger partial charge in [-0.2, -0.15) is 0 Å². The lowest BCUT2D eigenvalue weighted by Crippen LogP contribution is -2.21. The minimum absolute atomic E-state index is 0.161. The SMILES string of the molecule is CCN(CC)CC.O=c1c2sc(=S)n(-c3ccccc3)c2[nH]c(=S)n1-c1ccccc1. The molecule has 0 aliphatic rings. The second-order valence-electron chi connectivity index (χ2n) is 6.74. The second-order valence-corrected chi connectivity index (χ2v) is 8.77. The summed E-state index contributed by atoms with van der Waals surface area (Å²) in [5, 5.41) is 0. The molecular weight excluding hydrogens is 444 g/mol. The molecule has 162 valence electrons. The first-order valence-corrected chi connectivity index (χ1v) is 11.9. The van der Waals surface area contributed by atoms with Crippen molar-refractivity contribution in [2.45, 2.75) is 20.8 Å². The van der Waals surface area contributed by atoms with Crippen LogP contribution in [0.2, 0.25) is 0 Å². The lowest BCUT2D eigenvalue weighted by molar-refractivity contribution is 0.321. The summed E-state index contributed by atoms with van der Waals surface area (Å²) in [6.07, 6.45) is 0. The van der Waals surface area contributed by atoms with Crippen molar-refractivity contribution in [3.63, 3.8) is 0 Å². The Kier molecular flexibility index (Phi) is 8.09. The molecule has 31 heavy (non-hydrogen) atoms. The largest absolute Gasteiger partial charge is 0.316 e. The molecule has 0 fully saturated rings. The van der Waals surface area contributed by atoms with Crippen LogP contribution in [0, 0.1) is 8.73 Å². The molecule has 0 spiro atoms. The molecule has 0 amide bonds. The van der Waals surface area contributed by atoms with Crippen LogP contribution in [-0.2, 0) is 0 Å². The molecule has 8 heteroatoms. The first-order valence-electron chi connectivity index (χ1n) is 10.3. The summed E-state index contributed by atoms with van der Waals surface area (Å²) in [6, 6.07) is 19.0. The van der Waals surface area contributed by atoms with Crippen molar-refractivity contribution in [2.24, 2.45) is 0 Å². The molecule has 1 N–H and O–H groups in total. The van der Waals surface area contributed by atoms with Gasteiger partial charge in [-0.05, 0) is 68.3 Å². The van der Waals surface area contributed by atoms with Crippen LogP contribution >= 0.6 is 35.8 Å². The van der Waals surface area contributed by atoms with E-state index in [0.717, 1.165) is 11.4 Å². The normalized spacial score (nSPS) is 10.8. The van der Waals surface area contributed by atoms with Crippen LogP contribution in [0.1, 0.15) is 20.8 Å². The van der Waals surface area contributed by atoms with Gasteiger partial charge in [0.05, 0.1) is 5.69 Å². The highest BCUT2D eigenvalue weighted by Gasteiger charge is 2.14. The summed E-state index contributed by atoms with van der Waals surface area (Å²) in [4.78, 5) is 18.5. The van der Waals surface area contributed by atoms with Gasteiger partial charge in [0.15, 0.2) is 8.73 Å². The molecule has 0 bridgehead atoms. The number of H-pyrrole nitrogens is 1. The Morgan fingerprint density at radius 1 is 0.839 bits per heavy atom. The molecule has 0 unspecified atom stereocenters. The molecule has 2 aromatic carbocycles. The topological polar surface area (TPSA) is 46.0 Å². The van der Waals surface area contributed by atoms with Gasteiger partial charge in [0.25, 0.3) is 5.56 Å². The van der Waals surface area contributed by atoms with E-state index >= 15 is 0 Å². The maximum Gasteiger partial charge on any atom is 0.278 e. The highest BCUT2D eigenvalue weighted by molar-refractivity contribution is 7.73. The maximum absolute atomic E-state index is 13.0. The summed E-state index contributed by atoms with van der Waals surface area (Å²) < 4.78 is 4.85. The zero-order valence-corrected chi connectivity index (χ0v) is 20.3. The third-order valence-corrected chi connectivity index (χ3v) is 6.65. The van der Waals surface area contributed by atoms with Gasteiger partial charge in [0.2, 0.25) is 0 Å². The van der Waals surface area contributed by atoms with Crippen LogP contribution in [0.3, 0.4) is 0 Å². The van der Waals surface area contributed by atoms with E-state index in [2.05, 4.69) is 30.7 Å². The van der Waals surface area contributed by atoms with E-state index in [1.165, 1.54) is 35.5 Å². The Balaban J connectivity index is 0.000000339. The van der Waals surface area contributed by atoms with E-state index in [-0.39, 0.29) is 5.56 Å².